The van der Waals surface area contributed by atoms with Crippen LogP contribution in [0.2, 0.25) is 0 Å². The predicted molar refractivity (Wildman–Crippen MR) is 60.3 cm³/mol. The first-order chi connectivity index (χ1) is 6.81. The molecule has 80 valence electrons. The Morgan fingerprint density at radius 3 is 2.79 bits per heavy atom. The molecule has 0 heterocycles. The molecule has 3 atom stereocenters. The highest BCUT2D eigenvalue weighted by Gasteiger charge is 2.28. The molecule has 0 aliphatic heterocycles. The maximum Gasteiger partial charge on any atom is 0.0348 e. The molecule has 1 aliphatic rings. The third-order valence-electron chi connectivity index (χ3n) is 3.44. The molecule has 3 N–H and O–H groups in total. The van der Waals surface area contributed by atoms with Crippen LogP contribution in [0.1, 0.15) is 46.0 Å². The number of hydrogen-bond acceptors (Lipinski definition) is 2. The second-order valence-electron chi connectivity index (χ2n) is 4.25. The summed E-state index contributed by atoms with van der Waals surface area (Å²) < 4.78 is 0. The third kappa shape index (κ3) is 3.01. The summed E-state index contributed by atoms with van der Waals surface area (Å²) in [6.45, 7) is 4.17. The van der Waals surface area contributed by atoms with E-state index in [2.05, 4.69) is 24.2 Å². The fourth-order valence-electron chi connectivity index (χ4n) is 2.42. The van der Waals surface area contributed by atoms with Crippen LogP contribution >= 0.6 is 0 Å². The normalized spacial score (nSPS) is 28.2. The molecule has 0 aromatic carbocycles. The molecule has 0 saturated heterocycles. The molecule has 0 aromatic heterocycles. The van der Waals surface area contributed by atoms with Gasteiger partial charge < -0.3 is 0 Å². The minimum atomic E-state index is 0.402. The lowest BCUT2D eigenvalue weighted by atomic mass is 9.94. The molecule has 14 heavy (non-hydrogen) atoms. The molecule has 0 radical (unpaired) electrons. The summed E-state index contributed by atoms with van der Waals surface area (Å²) >= 11 is 0. The van der Waals surface area contributed by atoms with Gasteiger partial charge in [-0.2, -0.15) is 0 Å². The Labute approximate surface area is 87.6 Å². The van der Waals surface area contributed by atoms with Crippen molar-refractivity contribution in [2.24, 2.45) is 17.7 Å². The molecule has 1 rings (SSSR count). The molecule has 0 spiro atoms. The highest BCUT2D eigenvalue weighted by atomic mass is 15.2. The maximum atomic E-state index is 5.56. The zero-order valence-electron chi connectivity index (χ0n) is 9.34. The molecule has 0 amide bonds. The van der Waals surface area contributed by atoms with Gasteiger partial charge in [0, 0.05) is 12.5 Å². The fraction of sp³-hybridized carbons (Fsp3) is 0.833. The van der Waals surface area contributed by atoms with Gasteiger partial charge in [0.05, 0.1) is 0 Å². The number of rotatable bonds is 4. The van der Waals surface area contributed by atoms with Crippen molar-refractivity contribution in [2.75, 3.05) is 0 Å². The minimum absolute atomic E-state index is 0.402. The highest BCUT2D eigenvalue weighted by Crippen LogP contribution is 2.35. The average Bonchev–Trinajstić information content (AvgIpc) is 2.68. The predicted octanol–water partition coefficient (Wildman–Crippen LogP) is 2.06. The van der Waals surface area contributed by atoms with Crippen molar-refractivity contribution in [2.45, 2.75) is 52.0 Å². The van der Waals surface area contributed by atoms with Crippen molar-refractivity contribution in [1.82, 2.24) is 5.43 Å². The van der Waals surface area contributed by atoms with Crippen LogP contribution in [0.15, 0.2) is 0 Å². The van der Waals surface area contributed by atoms with Crippen molar-refractivity contribution in [1.29, 1.82) is 0 Å². The largest absolute Gasteiger partial charge is 0.271 e. The van der Waals surface area contributed by atoms with Crippen molar-refractivity contribution < 1.29 is 0 Å². The zero-order valence-corrected chi connectivity index (χ0v) is 9.34. The molecule has 1 saturated carbocycles. The van der Waals surface area contributed by atoms with E-state index in [9.17, 15) is 0 Å². The van der Waals surface area contributed by atoms with Gasteiger partial charge in [0.2, 0.25) is 0 Å². The molecular formula is C12H22N2. The molecule has 1 aliphatic carbocycles. The average molecular weight is 194 g/mol. The monoisotopic (exact) mass is 194 g/mol. The smallest absolute Gasteiger partial charge is 0.0348 e. The summed E-state index contributed by atoms with van der Waals surface area (Å²) in [5, 5.41) is 0. The number of nitrogens with two attached hydrogens (primary N) is 1. The van der Waals surface area contributed by atoms with Gasteiger partial charge in [-0.25, -0.2) is 0 Å². The second kappa shape index (κ2) is 6.06. The molecule has 2 nitrogen and oxygen atoms in total. The third-order valence-corrected chi connectivity index (χ3v) is 3.44. The lowest BCUT2D eigenvalue weighted by Crippen LogP contribution is -2.39. The van der Waals surface area contributed by atoms with Gasteiger partial charge in [-0.15, -0.1) is 11.8 Å². The van der Waals surface area contributed by atoms with E-state index in [1.54, 1.807) is 0 Å². The lowest BCUT2D eigenvalue weighted by Gasteiger charge is -2.20. The van der Waals surface area contributed by atoms with E-state index in [-0.39, 0.29) is 0 Å². The van der Waals surface area contributed by atoms with E-state index >= 15 is 0 Å². The van der Waals surface area contributed by atoms with E-state index < -0.39 is 0 Å². The SMILES string of the molecule is CC#CCC(NN)C1CCC(CC)C1. The summed E-state index contributed by atoms with van der Waals surface area (Å²) in [6.07, 6.45) is 6.23. The Morgan fingerprint density at radius 2 is 2.29 bits per heavy atom. The van der Waals surface area contributed by atoms with Crippen LogP contribution in [-0.2, 0) is 0 Å². The van der Waals surface area contributed by atoms with E-state index in [0.717, 1.165) is 18.3 Å². The molecular weight excluding hydrogens is 172 g/mol. The molecule has 3 unspecified atom stereocenters. The topological polar surface area (TPSA) is 38.0 Å². The van der Waals surface area contributed by atoms with Crippen molar-refractivity contribution in [3.8, 4) is 11.8 Å². The van der Waals surface area contributed by atoms with Crippen LogP contribution in [0.5, 0.6) is 0 Å². The highest BCUT2D eigenvalue weighted by molar-refractivity contribution is 5.00. The summed E-state index contributed by atoms with van der Waals surface area (Å²) in [5.74, 6) is 13.3. The van der Waals surface area contributed by atoms with Crippen LogP contribution in [0.25, 0.3) is 0 Å². The first kappa shape index (κ1) is 11.6. The standard InChI is InChI=1S/C12H22N2/c1-3-5-6-12(14-13)11-8-7-10(4-2)9-11/h10-12,14H,4,6-9,13H2,1-2H3. The van der Waals surface area contributed by atoms with E-state index in [0.29, 0.717) is 6.04 Å². The van der Waals surface area contributed by atoms with Gasteiger partial charge in [-0.05, 0) is 31.6 Å². The number of hydrazine groups is 1. The van der Waals surface area contributed by atoms with Crippen molar-refractivity contribution in [3.05, 3.63) is 0 Å². The second-order valence-corrected chi connectivity index (χ2v) is 4.25. The van der Waals surface area contributed by atoms with Crippen molar-refractivity contribution >= 4 is 0 Å². The first-order valence-corrected chi connectivity index (χ1v) is 5.67. The van der Waals surface area contributed by atoms with Gasteiger partial charge in [0.25, 0.3) is 0 Å². The molecule has 2 heteroatoms. The molecule has 0 bridgehead atoms. The lowest BCUT2D eigenvalue weighted by molar-refractivity contribution is 0.355. The van der Waals surface area contributed by atoms with Gasteiger partial charge in [0.15, 0.2) is 0 Å². The Kier molecular flexibility index (Phi) is 5.00. The first-order valence-electron chi connectivity index (χ1n) is 5.67. The van der Waals surface area contributed by atoms with Crippen molar-refractivity contribution in [3.63, 3.8) is 0 Å². The number of nitrogens with one attached hydrogen (secondary N) is 1. The zero-order chi connectivity index (χ0) is 10.4. The van der Waals surface area contributed by atoms with Crippen LogP contribution in [0.4, 0.5) is 0 Å². The fourth-order valence-corrected chi connectivity index (χ4v) is 2.42. The summed E-state index contributed by atoms with van der Waals surface area (Å²) in [4.78, 5) is 0. The Balaban J connectivity index is 2.40. The van der Waals surface area contributed by atoms with Crippen LogP contribution in [0, 0.1) is 23.7 Å². The van der Waals surface area contributed by atoms with Gasteiger partial charge in [-0.1, -0.05) is 19.8 Å². The molecule has 1 fully saturated rings. The molecule has 0 aromatic rings. The van der Waals surface area contributed by atoms with Crippen LogP contribution in [0.3, 0.4) is 0 Å². The van der Waals surface area contributed by atoms with E-state index in [4.69, 9.17) is 5.84 Å². The minimum Gasteiger partial charge on any atom is -0.271 e. The Hall–Kier alpha value is -0.520. The van der Waals surface area contributed by atoms with Crippen LogP contribution < -0.4 is 11.3 Å². The van der Waals surface area contributed by atoms with Gasteiger partial charge >= 0.3 is 0 Å². The van der Waals surface area contributed by atoms with Gasteiger partial charge in [0.1, 0.15) is 0 Å². The van der Waals surface area contributed by atoms with E-state index in [1.807, 2.05) is 6.92 Å². The van der Waals surface area contributed by atoms with E-state index in [1.165, 1.54) is 25.7 Å². The maximum absolute atomic E-state index is 5.56. The Bertz CT molecular complexity index is 214. The number of hydrogen-bond donors (Lipinski definition) is 2. The summed E-state index contributed by atoms with van der Waals surface area (Å²) in [5.41, 5.74) is 2.92. The summed E-state index contributed by atoms with van der Waals surface area (Å²) in [7, 11) is 0. The summed E-state index contributed by atoms with van der Waals surface area (Å²) in [6, 6.07) is 0.402. The van der Waals surface area contributed by atoms with Crippen LogP contribution in [-0.4, -0.2) is 6.04 Å². The van der Waals surface area contributed by atoms with Gasteiger partial charge in [-0.3, -0.25) is 11.3 Å². The quantitative estimate of drug-likeness (QED) is 0.408. The Morgan fingerprint density at radius 1 is 1.50 bits per heavy atom.